The van der Waals surface area contributed by atoms with E-state index in [4.69, 9.17) is 14.6 Å². The van der Waals surface area contributed by atoms with Crippen molar-refractivity contribution in [1.29, 1.82) is 0 Å². The number of aliphatic carboxylic acids is 1. The summed E-state index contributed by atoms with van der Waals surface area (Å²) in [4.78, 5) is 10.5. The van der Waals surface area contributed by atoms with Gasteiger partial charge in [0, 0.05) is 5.92 Å². The predicted octanol–water partition coefficient (Wildman–Crippen LogP) is 2.47. The molecule has 0 saturated carbocycles. The van der Waals surface area contributed by atoms with Crippen molar-refractivity contribution in [2.24, 2.45) is 0 Å². The third-order valence-corrected chi connectivity index (χ3v) is 4.78. The Kier molecular flexibility index (Phi) is 7.42. The van der Waals surface area contributed by atoms with Gasteiger partial charge in [-0.2, -0.15) is 0 Å². The van der Waals surface area contributed by atoms with Crippen molar-refractivity contribution >= 4 is 29.7 Å². The van der Waals surface area contributed by atoms with E-state index in [1.54, 1.807) is 35.6 Å². The second-order valence-corrected chi connectivity index (χ2v) is 6.59. The molecule has 0 amide bonds. The second-order valence-electron chi connectivity index (χ2n) is 5.50. The zero-order chi connectivity index (χ0) is 16.8. The molecule has 1 aliphatic heterocycles. The minimum absolute atomic E-state index is 0. The molecule has 9 heteroatoms. The highest BCUT2D eigenvalue weighted by Crippen LogP contribution is 2.28. The van der Waals surface area contributed by atoms with E-state index in [2.05, 4.69) is 15.5 Å². The normalized spacial score (nSPS) is 14.6. The van der Waals surface area contributed by atoms with E-state index in [9.17, 15) is 4.79 Å². The van der Waals surface area contributed by atoms with Crippen molar-refractivity contribution in [3.05, 3.63) is 34.3 Å². The maximum atomic E-state index is 10.5. The van der Waals surface area contributed by atoms with Gasteiger partial charge in [-0.1, -0.05) is 11.3 Å². The van der Waals surface area contributed by atoms with Gasteiger partial charge in [0.25, 0.3) is 0 Å². The van der Waals surface area contributed by atoms with E-state index in [0.29, 0.717) is 24.0 Å². The van der Waals surface area contributed by atoms with Gasteiger partial charge >= 0.3 is 5.97 Å². The predicted molar refractivity (Wildman–Crippen MR) is 95.9 cm³/mol. The molecule has 2 heterocycles. The first kappa shape index (κ1) is 19.4. The Hall–Kier alpha value is -1.90. The molecule has 1 aromatic carbocycles. The zero-order valence-electron chi connectivity index (χ0n) is 13.5. The lowest BCUT2D eigenvalue weighted by Crippen LogP contribution is -2.26. The van der Waals surface area contributed by atoms with Crippen LogP contribution in [0.15, 0.2) is 24.3 Å². The van der Waals surface area contributed by atoms with Crippen molar-refractivity contribution in [3.8, 4) is 11.5 Å². The fourth-order valence-corrected chi connectivity index (χ4v) is 3.41. The number of rotatable bonds is 7. The van der Waals surface area contributed by atoms with E-state index < -0.39 is 5.97 Å². The van der Waals surface area contributed by atoms with Gasteiger partial charge in [-0.05, 0) is 50.2 Å². The molecule has 25 heavy (non-hydrogen) atoms. The molecular weight excluding hydrogens is 366 g/mol. The van der Waals surface area contributed by atoms with Gasteiger partial charge in [0.1, 0.15) is 23.1 Å². The van der Waals surface area contributed by atoms with Crippen LogP contribution in [-0.2, 0) is 11.4 Å². The van der Waals surface area contributed by atoms with E-state index in [0.717, 1.165) is 35.9 Å². The van der Waals surface area contributed by atoms with Crippen LogP contribution in [0.5, 0.6) is 11.5 Å². The first-order valence-corrected chi connectivity index (χ1v) is 8.63. The number of piperidine rings is 1. The Bertz CT molecular complexity index is 674. The van der Waals surface area contributed by atoms with Gasteiger partial charge in [0.2, 0.25) is 0 Å². The van der Waals surface area contributed by atoms with Crippen LogP contribution in [0.2, 0.25) is 0 Å². The van der Waals surface area contributed by atoms with Crippen molar-refractivity contribution in [2.45, 2.75) is 25.4 Å². The molecule has 0 radical (unpaired) electrons. The number of nitrogens with one attached hydrogen (secondary N) is 1. The molecule has 1 fully saturated rings. The maximum Gasteiger partial charge on any atom is 0.341 e. The lowest BCUT2D eigenvalue weighted by atomic mass is 9.99. The molecule has 1 saturated heterocycles. The van der Waals surface area contributed by atoms with Crippen LogP contribution < -0.4 is 14.8 Å². The van der Waals surface area contributed by atoms with Crippen molar-refractivity contribution in [3.63, 3.8) is 0 Å². The summed E-state index contributed by atoms with van der Waals surface area (Å²) in [6.07, 6.45) is 2.21. The van der Waals surface area contributed by atoms with E-state index in [-0.39, 0.29) is 19.0 Å². The summed E-state index contributed by atoms with van der Waals surface area (Å²) < 4.78 is 10.8. The average molecular weight is 386 g/mol. The van der Waals surface area contributed by atoms with Gasteiger partial charge in [-0.3, -0.25) is 0 Å². The summed E-state index contributed by atoms with van der Waals surface area (Å²) in [5.74, 6) is 0.671. The summed E-state index contributed by atoms with van der Waals surface area (Å²) in [5.41, 5.74) is 0. The summed E-state index contributed by atoms with van der Waals surface area (Å²) in [7, 11) is 0. The molecule has 136 valence electrons. The smallest absolute Gasteiger partial charge is 0.341 e. The number of ether oxygens (including phenoxy) is 2. The molecule has 3 rings (SSSR count). The number of halogens is 1. The first-order valence-electron chi connectivity index (χ1n) is 7.81. The minimum Gasteiger partial charge on any atom is -0.486 e. The first-order chi connectivity index (χ1) is 11.7. The maximum absolute atomic E-state index is 10.5. The number of carboxylic acid groups (broad SMARTS) is 1. The van der Waals surface area contributed by atoms with Crippen LogP contribution in [0.4, 0.5) is 0 Å². The van der Waals surface area contributed by atoms with Crippen LogP contribution in [0.25, 0.3) is 0 Å². The number of aromatic nitrogens is 2. The van der Waals surface area contributed by atoms with Crippen molar-refractivity contribution in [2.75, 3.05) is 19.7 Å². The van der Waals surface area contributed by atoms with E-state index >= 15 is 0 Å². The van der Waals surface area contributed by atoms with Crippen molar-refractivity contribution < 1.29 is 19.4 Å². The molecule has 0 atom stereocenters. The zero-order valence-corrected chi connectivity index (χ0v) is 15.1. The molecule has 1 aliphatic rings. The van der Waals surface area contributed by atoms with Gasteiger partial charge in [0.05, 0.1) is 0 Å². The third-order valence-electron chi connectivity index (χ3n) is 3.72. The summed E-state index contributed by atoms with van der Waals surface area (Å²) in [6, 6.07) is 6.84. The van der Waals surface area contributed by atoms with Crippen LogP contribution >= 0.6 is 23.7 Å². The fourth-order valence-electron chi connectivity index (χ4n) is 2.48. The Morgan fingerprint density at radius 1 is 1.16 bits per heavy atom. The highest BCUT2D eigenvalue weighted by molar-refractivity contribution is 7.11. The molecule has 0 unspecified atom stereocenters. The van der Waals surface area contributed by atoms with Crippen molar-refractivity contribution in [1.82, 2.24) is 15.5 Å². The van der Waals surface area contributed by atoms with Gasteiger partial charge in [0.15, 0.2) is 11.6 Å². The number of hydrogen-bond acceptors (Lipinski definition) is 7. The summed E-state index contributed by atoms with van der Waals surface area (Å²) in [5, 5.41) is 22.4. The molecule has 0 spiro atoms. The lowest BCUT2D eigenvalue weighted by molar-refractivity contribution is -0.139. The van der Waals surface area contributed by atoms with Crippen LogP contribution in [0.1, 0.15) is 28.8 Å². The molecular formula is C16H20ClN3O4S. The van der Waals surface area contributed by atoms with Gasteiger partial charge in [-0.15, -0.1) is 22.6 Å². The Labute approximate surface area is 155 Å². The number of carbonyl (C=O) groups is 1. The number of nitrogens with zero attached hydrogens (tertiary/aromatic N) is 2. The summed E-state index contributed by atoms with van der Waals surface area (Å²) in [6.45, 7) is 2.08. The van der Waals surface area contributed by atoms with Crippen LogP contribution in [0.3, 0.4) is 0 Å². The topological polar surface area (TPSA) is 93.6 Å². The standard InChI is InChI=1S/C16H19N3O4S.ClH/c20-15(21)10-23-13-3-1-12(2-4-13)22-9-14-18-19-16(24-14)11-5-7-17-8-6-11;/h1-4,11,17H,5-10H2,(H,20,21);1H. The Balaban J connectivity index is 0.00000225. The largest absolute Gasteiger partial charge is 0.486 e. The fraction of sp³-hybridized carbons (Fsp3) is 0.438. The Morgan fingerprint density at radius 2 is 1.80 bits per heavy atom. The minimum atomic E-state index is -1.00. The summed E-state index contributed by atoms with van der Waals surface area (Å²) >= 11 is 1.61. The molecule has 2 aromatic rings. The SMILES string of the molecule is Cl.O=C(O)COc1ccc(OCc2nnc(C3CCNCC3)s2)cc1. The van der Waals surface area contributed by atoms with Crippen LogP contribution in [-0.4, -0.2) is 41.0 Å². The lowest BCUT2D eigenvalue weighted by Gasteiger charge is -2.19. The molecule has 7 nitrogen and oxygen atoms in total. The third kappa shape index (κ3) is 5.84. The molecule has 2 N–H and O–H groups in total. The van der Waals surface area contributed by atoms with Gasteiger partial charge in [-0.25, -0.2) is 4.79 Å². The highest BCUT2D eigenvalue weighted by Gasteiger charge is 2.19. The number of benzene rings is 1. The number of carboxylic acids is 1. The number of hydrogen-bond donors (Lipinski definition) is 2. The molecule has 0 aliphatic carbocycles. The Morgan fingerprint density at radius 3 is 2.44 bits per heavy atom. The van der Waals surface area contributed by atoms with Gasteiger partial charge < -0.3 is 19.9 Å². The van der Waals surface area contributed by atoms with E-state index in [1.165, 1.54) is 0 Å². The highest BCUT2D eigenvalue weighted by atomic mass is 35.5. The average Bonchev–Trinajstić information content (AvgIpc) is 3.09. The second kappa shape index (κ2) is 9.55. The quantitative estimate of drug-likeness (QED) is 0.756. The van der Waals surface area contributed by atoms with E-state index in [1.807, 2.05) is 0 Å². The molecule has 1 aromatic heterocycles. The monoisotopic (exact) mass is 385 g/mol. The van der Waals surface area contributed by atoms with Crippen LogP contribution in [0, 0.1) is 0 Å². The molecule has 0 bridgehead atoms.